The molecule has 2 aliphatic rings. The van der Waals surface area contributed by atoms with Crippen LogP contribution in [0.2, 0.25) is 0 Å². The van der Waals surface area contributed by atoms with E-state index in [1.807, 2.05) is 17.5 Å². The molecule has 0 spiro atoms. The summed E-state index contributed by atoms with van der Waals surface area (Å²) in [6.07, 6.45) is 2.43. The minimum Gasteiger partial charge on any atom is -0.378 e. The Morgan fingerprint density at radius 2 is 2.04 bits per heavy atom. The van der Waals surface area contributed by atoms with Crippen LogP contribution in [0, 0.1) is 0 Å². The van der Waals surface area contributed by atoms with Gasteiger partial charge in [0.2, 0.25) is 0 Å². The van der Waals surface area contributed by atoms with Crippen molar-refractivity contribution in [2.75, 3.05) is 26.3 Å². The van der Waals surface area contributed by atoms with Gasteiger partial charge in [0.25, 0.3) is 0 Å². The highest BCUT2D eigenvalue weighted by molar-refractivity contribution is 7.17. The third kappa shape index (κ3) is 3.76. The number of carbonyl (C=O) groups excluding carboxylic acids is 2. The van der Waals surface area contributed by atoms with Gasteiger partial charge in [-0.25, -0.2) is 4.99 Å². The fraction of sp³-hybridized carbons (Fsp3) is 0.350. The van der Waals surface area contributed by atoms with Gasteiger partial charge in [0.15, 0.2) is 5.78 Å². The van der Waals surface area contributed by atoms with Gasteiger partial charge in [0.05, 0.1) is 13.2 Å². The summed E-state index contributed by atoms with van der Waals surface area (Å²) in [5.74, 6) is 0.787. The van der Waals surface area contributed by atoms with Gasteiger partial charge in [-0.2, -0.15) is 0 Å². The van der Waals surface area contributed by atoms with E-state index in [4.69, 9.17) is 4.74 Å². The maximum absolute atomic E-state index is 12.6. The van der Waals surface area contributed by atoms with E-state index >= 15 is 0 Å². The monoisotopic (exact) mass is 368 g/mol. The van der Waals surface area contributed by atoms with Crippen molar-refractivity contribution in [1.82, 2.24) is 4.90 Å². The first kappa shape index (κ1) is 17.1. The minimum atomic E-state index is 0.0178. The van der Waals surface area contributed by atoms with Crippen molar-refractivity contribution in [3.8, 4) is 0 Å². The van der Waals surface area contributed by atoms with Gasteiger partial charge in [-0.05, 0) is 28.5 Å². The second kappa shape index (κ2) is 7.51. The number of fused-ring (bicyclic) bond motifs is 1. The van der Waals surface area contributed by atoms with Crippen molar-refractivity contribution < 1.29 is 14.3 Å². The van der Waals surface area contributed by atoms with Crippen molar-refractivity contribution in [2.24, 2.45) is 4.99 Å². The second-order valence-corrected chi connectivity index (χ2v) is 7.51. The van der Waals surface area contributed by atoms with Crippen LogP contribution in [0.1, 0.15) is 18.4 Å². The quantitative estimate of drug-likeness (QED) is 0.814. The van der Waals surface area contributed by atoms with E-state index in [1.54, 1.807) is 17.4 Å². The molecule has 2 aliphatic heterocycles. The van der Waals surface area contributed by atoms with Crippen LogP contribution in [0.3, 0.4) is 0 Å². The maximum atomic E-state index is 12.6. The Balaban J connectivity index is 1.46. The highest BCUT2D eigenvalue weighted by Crippen LogP contribution is 2.25. The zero-order chi connectivity index (χ0) is 17.9. The molecule has 26 heavy (non-hydrogen) atoms. The van der Waals surface area contributed by atoms with Crippen molar-refractivity contribution >= 4 is 38.7 Å². The molecular formula is C20H20N2O3S. The lowest BCUT2D eigenvalue weighted by Gasteiger charge is -2.30. The van der Waals surface area contributed by atoms with Crippen molar-refractivity contribution in [3.05, 3.63) is 47.1 Å². The summed E-state index contributed by atoms with van der Waals surface area (Å²) < 4.78 is 6.54. The van der Waals surface area contributed by atoms with Gasteiger partial charge < -0.3 is 9.64 Å². The molecular weight excluding hydrogens is 348 g/mol. The summed E-state index contributed by atoms with van der Waals surface area (Å²) in [6.45, 7) is 2.73. The smallest absolute Gasteiger partial charge is 0.164 e. The van der Waals surface area contributed by atoms with E-state index in [9.17, 15) is 9.59 Å². The number of thiophene rings is 1. The summed E-state index contributed by atoms with van der Waals surface area (Å²) in [6, 6.07) is 8.11. The lowest BCUT2D eigenvalue weighted by Crippen LogP contribution is -2.36. The topological polar surface area (TPSA) is 59.0 Å². The van der Waals surface area contributed by atoms with Crippen LogP contribution in [0.5, 0.6) is 0 Å². The summed E-state index contributed by atoms with van der Waals surface area (Å²) >= 11 is 1.68. The Bertz CT molecular complexity index is 907. The lowest BCUT2D eigenvalue weighted by molar-refractivity contribution is -0.117. The molecule has 0 aliphatic carbocycles. The summed E-state index contributed by atoms with van der Waals surface area (Å²) in [5, 5.41) is 3.18. The normalized spacial score (nSPS) is 18.0. The predicted octanol–water partition coefficient (Wildman–Crippen LogP) is 2.99. The number of benzene rings is 1. The zero-order valence-corrected chi connectivity index (χ0v) is 15.3. The van der Waals surface area contributed by atoms with Gasteiger partial charge in [-0.15, -0.1) is 11.3 Å². The Kier molecular flexibility index (Phi) is 4.95. The fourth-order valence-corrected chi connectivity index (χ4v) is 4.23. The molecule has 2 aromatic rings. The van der Waals surface area contributed by atoms with E-state index in [-0.39, 0.29) is 24.4 Å². The molecule has 1 fully saturated rings. The molecule has 4 rings (SSSR count). The summed E-state index contributed by atoms with van der Waals surface area (Å²) in [5.41, 5.74) is 1.71. The maximum Gasteiger partial charge on any atom is 0.164 e. The number of ketones is 2. The Labute approximate surface area is 156 Å². The van der Waals surface area contributed by atoms with Gasteiger partial charge in [0.1, 0.15) is 11.6 Å². The fourth-order valence-electron chi connectivity index (χ4n) is 3.40. The number of carbonyl (C=O) groups is 2. The number of hydrogen-bond donors (Lipinski definition) is 0. The molecule has 0 amide bonds. The Morgan fingerprint density at radius 3 is 2.88 bits per heavy atom. The summed E-state index contributed by atoms with van der Waals surface area (Å²) in [7, 11) is 0. The standard InChI is InChI=1S/C20H20N2O3S/c23-16(10-14-2-1-3-19-18(14)4-9-26-19)11-15-12-17(24)13-20(21-15)22-5-7-25-8-6-22/h1-4,9,13H,5-8,10-12H2. The Hall–Kier alpha value is -2.31. The number of hydrogen-bond acceptors (Lipinski definition) is 6. The first-order valence-corrected chi connectivity index (χ1v) is 9.67. The number of ether oxygens (including phenoxy) is 1. The molecule has 6 heteroatoms. The molecule has 5 nitrogen and oxygen atoms in total. The summed E-state index contributed by atoms with van der Waals surface area (Å²) in [4.78, 5) is 31.3. The van der Waals surface area contributed by atoms with Crippen LogP contribution in [0.4, 0.5) is 0 Å². The highest BCUT2D eigenvalue weighted by Gasteiger charge is 2.21. The average molecular weight is 368 g/mol. The molecule has 0 unspecified atom stereocenters. The number of allylic oxidation sites excluding steroid dienone is 1. The van der Waals surface area contributed by atoms with E-state index in [1.165, 1.54) is 4.70 Å². The molecule has 3 heterocycles. The van der Waals surface area contributed by atoms with Crippen LogP contribution < -0.4 is 0 Å². The second-order valence-electron chi connectivity index (χ2n) is 6.56. The zero-order valence-electron chi connectivity index (χ0n) is 14.4. The molecule has 0 saturated carbocycles. The molecule has 0 bridgehead atoms. The van der Waals surface area contributed by atoms with E-state index in [0.29, 0.717) is 31.2 Å². The molecule has 134 valence electrons. The highest BCUT2D eigenvalue weighted by atomic mass is 32.1. The predicted molar refractivity (Wildman–Crippen MR) is 103 cm³/mol. The van der Waals surface area contributed by atoms with Crippen LogP contribution >= 0.6 is 11.3 Å². The SMILES string of the molecule is O=C1C=C(N2CCOCC2)N=C(CC(=O)Cc2cccc3sccc23)C1. The third-order valence-electron chi connectivity index (χ3n) is 4.65. The molecule has 1 aromatic carbocycles. The van der Waals surface area contributed by atoms with Gasteiger partial charge in [-0.3, -0.25) is 9.59 Å². The van der Waals surface area contributed by atoms with Crippen LogP contribution in [0.25, 0.3) is 10.1 Å². The molecule has 1 saturated heterocycles. The third-order valence-corrected chi connectivity index (χ3v) is 5.53. The lowest BCUT2D eigenvalue weighted by atomic mass is 9.99. The number of morpholine rings is 1. The van der Waals surface area contributed by atoms with E-state index in [0.717, 1.165) is 24.0 Å². The molecule has 0 radical (unpaired) electrons. The molecule has 0 N–H and O–H groups in total. The van der Waals surface area contributed by atoms with Crippen molar-refractivity contribution in [1.29, 1.82) is 0 Å². The number of rotatable bonds is 5. The minimum absolute atomic E-state index is 0.0178. The first-order valence-electron chi connectivity index (χ1n) is 8.79. The molecule has 1 aromatic heterocycles. The van der Waals surface area contributed by atoms with Gasteiger partial charge in [-0.1, -0.05) is 12.1 Å². The van der Waals surface area contributed by atoms with E-state index in [2.05, 4.69) is 22.0 Å². The van der Waals surface area contributed by atoms with Gasteiger partial charge >= 0.3 is 0 Å². The number of Topliss-reactive ketones (excluding diaryl/α,β-unsaturated/α-hetero) is 1. The number of aliphatic imine (C=N–C) groups is 1. The van der Waals surface area contributed by atoms with E-state index < -0.39 is 0 Å². The van der Waals surface area contributed by atoms with Crippen LogP contribution in [-0.4, -0.2) is 48.5 Å². The first-order chi connectivity index (χ1) is 12.7. The van der Waals surface area contributed by atoms with Crippen LogP contribution in [0.15, 0.2) is 46.5 Å². The van der Waals surface area contributed by atoms with Gasteiger partial charge in [0, 0.05) is 48.8 Å². The van der Waals surface area contributed by atoms with Crippen LogP contribution in [-0.2, 0) is 20.7 Å². The molecule has 0 atom stereocenters. The van der Waals surface area contributed by atoms with Crippen molar-refractivity contribution in [3.63, 3.8) is 0 Å². The average Bonchev–Trinajstić information content (AvgIpc) is 3.12. The Morgan fingerprint density at radius 1 is 1.19 bits per heavy atom. The largest absolute Gasteiger partial charge is 0.378 e. The number of nitrogens with zero attached hydrogens (tertiary/aromatic N) is 2. The van der Waals surface area contributed by atoms with Crippen molar-refractivity contribution in [2.45, 2.75) is 19.3 Å².